The first-order chi connectivity index (χ1) is 16.1. The van der Waals surface area contributed by atoms with Crippen molar-refractivity contribution in [2.24, 2.45) is 0 Å². The average molecular weight is 440 g/mol. The molecule has 0 aliphatic carbocycles. The molecule has 0 bridgehead atoms. The lowest BCUT2D eigenvalue weighted by Crippen LogP contribution is -1.95. The molecule has 0 spiro atoms. The Morgan fingerprint density at radius 3 is 2.24 bits per heavy atom. The number of nitrogens with zero attached hydrogens (tertiary/aromatic N) is 2. The van der Waals surface area contributed by atoms with Gasteiger partial charge in [-0.25, -0.2) is 4.68 Å². The molecule has 0 saturated heterocycles. The van der Waals surface area contributed by atoms with Crippen molar-refractivity contribution in [3.05, 3.63) is 96.2 Å². The van der Waals surface area contributed by atoms with Gasteiger partial charge < -0.3 is 14.2 Å². The quantitative estimate of drug-likeness (QED) is 0.269. The molecule has 33 heavy (non-hydrogen) atoms. The summed E-state index contributed by atoms with van der Waals surface area (Å²) in [5.74, 6) is 1.84. The summed E-state index contributed by atoms with van der Waals surface area (Å²) in [6.07, 6.45) is 5.24. The summed E-state index contributed by atoms with van der Waals surface area (Å²) in [4.78, 5) is 12.7. The lowest BCUT2D eigenvalue weighted by atomic mass is 10.1. The molecule has 3 aromatic carbocycles. The van der Waals surface area contributed by atoms with Gasteiger partial charge in [0.25, 0.3) is 0 Å². The Labute approximate surface area is 192 Å². The minimum atomic E-state index is -0.108. The van der Waals surface area contributed by atoms with Crippen LogP contribution in [0.25, 0.3) is 23.0 Å². The molecule has 0 saturated carbocycles. The molecule has 6 nitrogen and oxygen atoms in total. The Kier molecular flexibility index (Phi) is 6.55. The highest BCUT2D eigenvalue weighted by atomic mass is 16.5. The smallest absolute Gasteiger partial charge is 0.185 e. The third-order valence-corrected chi connectivity index (χ3v) is 5.21. The van der Waals surface area contributed by atoms with Gasteiger partial charge in [0.05, 0.1) is 27.0 Å². The van der Waals surface area contributed by atoms with Crippen LogP contribution in [0.3, 0.4) is 0 Å². The van der Waals surface area contributed by atoms with Crippen molar-refractivity contribution in [2.45, 2.75) is 0 Å². The van der Waals surface area contributed by atoms with Crippen LogP contribution < -0.4 is 14.2 Å². The average Bonchev–Trinajstić information content (AvgIpc) is 3.31. The molecular weight excluding hydrogens is 416 g/mol. The van der Waals surface area contributed by atoms with Crippen molar-refractivity contribution in [2.75, 3.05) is 21.3 Å². The second-order valence-corrected chi connectivity index (χ2v) is 7.21. The van der Waals surface area contributed by atoms with Crippen molar-refractivity contribution in [3.63, 3.8) is 0 Å². The fraction of sp³-hybridized carbons (Fsp3) is 0.111. The molecule has 4 rings (SSSR count). The van der Waals surface area contributed by atoms with Crippen LogP contribution in [0.4, 0.5) is 0 Å². The van der Waals surface area contributed by atoms with Crippen LogP contribution in [0.15, 0.2) is 85.1 Å². The first-order valence-electron chi connectivity index (χ1n) is 10.4. The zero-order chi connectivity index (χ0) is 23.2. The normalized spacial score (nSPS) is 10.9. The highest BCUT2D eigenvalue weighted by Gasteiger charge is 2.14. The van der Waals surface area contributed by atoms with Crippen LogP contribution in [-0.2, 0) is 0 Å². The van der Waals surface area contributed by atoms with E-state index in [2.05, 4.69) is 0 Å². The lowest BCUT2D eigenvalue weighted by Gasteiger charge is -2.09. The van der Waals surface area contributed by atoms with E-state index in [9.17, 15) is 4.79 Å². The van der Waals surface area contributed by atoms with Gasteiger partial charge in [-0.05, 0) is 66.7 Å². The molecule has 6 heteroatoms. The fourth-order valence-electron chi connectivity index (χ4n) is 3.45. The summed E-state index contributed by atoms with van der Waals surface area (Å²) in [6, 6.07) is 22.5. The standard InChI is InChI=1S/C27H24N2O4/c1-31-23-13-9-19(10-14-23)24(30)15-11-21-18-29(22-7-5-4-6-8-22)28-27(21)20-12-16-25(32-2)26(17-20)33-3/h4-18H,1-3H3/b15-11-. The van der Waals surface area contributed by atoms with Crippen molar-refractivity contribution in [3.8, 4) is 34.2 Å². The van der Waals surface area contributed by atoms with E-state index < -0.39 is 0 Å². The number of hydrogen-bond acceptors (Lipinski definition) is 5. The van der Waals surface area contributed by atoms with Gasteiger partial charge in [0.15, 0.2) is 17.3 Å². The van der Waals surface area contributed by atoms with Crippen LogP contribution in [0.1, 0.15) is 15.9 Å². The maximum Gasteiger partial charge on any atom is 0.185 e. The molecule has 0 aliphatic rings. The van der Waals surface area contributed by atoms with Gasteiger partial charge in [0.2, 0.25) is 0 Å². The molecule has 166 valence electrons. The van der Waals surface area contributed by atoms with Gasteiger partial charge in [-0.15, -0.1) is 0 Å². The van der Waals surface area contributed by atoms with Crippen LogP contribution in [0, 0.1) is 0 Å². The van der Waals surface area contributed by atoms with E-state index in [1.807, 2.05) is 54.7 Å². The number of aromatic nitrogens is 2. The molecule has 0 amide bonds. The van der Waals surface area contributed by atoms with Crippen LogP contribution in [0.5, 0.6) is 17.2 Å². The Morgan fingerprint density at radius 1 is 0.848 bits per heavy atom. The number of ketones is 1. The number of allylic oxidation sites excluding steroid dienone is 1. The first-order valence-corrected chi connectivity index (χ1v) is 10.4. The monoisotopic (exact) mass is 440 g/mol. The third-order valence-electron chi connectivity index (χ3n) is 5.21. The van der Waals surface area contributed by atoms with E-state index in [1.165, 1.54) is 0 Å². The number of carbonyl (C=O) groups excluding carboxylic acids is 1. The van der Waals surface area contributed by atoms with Crippen molar-refractivity contribution >= 4 is 11.9 Å². The predicted molar refractivity (Wildman–Crippen MR) is 128 cm³/mol. The number of para-hydroxylation sites is 1. The Morgan fingerprint density at radius 2 is 1.58 bits per heavy atom. The van der Waals surface area contributed by atoms with Gasteiger partial charge in [0.1, 0.15) is 11.4 Å². The van der Waals surface area contributed by atoms with E-state index >= 15 is 0 Å². The predicted octanol–water partition coefficient (Wildman–Crippen LogP) is 5.46. The third kappa shape index (κ3) is 4.80. The summed E-state index contributed by atoms with van der Waals surface area (Å²) in [6.45, 7) is 0. The molecule has 1 aromatic heterocycles. The lowest BCUT2D eigenvalue weighted by molar-refractivity contribution is 0.104. The zero-order valence-electron chi connectivity index (χ0n) is 18.7. The molecule has 1 heterocycles. The van der Waals surface area contributed by atoms with Gasteiger partial charge in [-0.2, -0.15) is 5.10 Å². The molecule has 0 atom stereocenters. The largest absolute Gasteiger partial charge is 0.497 e. The molecule has 0 unspecified atom stereocenters. The zero-order valence-corrected chi connectivity index (χ0v) is 18.7. The summed E-state index contributed by atoms with van der Waals surface area (Å²) >= 11 is 0. The number of rotatable bonds is 8. The topological polar surface area (TPSA) is 62.6 Å². The number of methoxy groups -OCH3 is 3. The summed E-state index contributed by atoms with van der Waals surface area (Å²) in [5.41, 5.74) is 3.86. The maximum absolute atomic E-state index is 12.7. The number of hydrogen-bond donors (Lipinski definition) is 0. The molecule has 0 N–H and O–H groups in total. The summed E-state index contributed by atoms with van der Waals surface area (Å²) in [7, 11) is 4.79. The highest BCUT2D eigenvalue weighted by Crippen LogP contribution is 2.33. The number of benzene rings is 3. The molecule has 0 fully saturated rings. The van der Waals surface area contributed by atoms with E-state index in [0.29, 0.717) is 22.8 Å². The van der Waals surface area contributed by atoms with E-state index in [-0.39, 0.29) is 5.78 Å². The van der Waals surface area contributed by atoms with Crippen LogP contribution >= 0.6 is 0 Å². The van der Waals surface area contributed by atoms with E-state index in [0.717, 1.165) is 22.5 Å². The SMILES string of the molecule is COc1ccc(C(=O)/C=C\c2cn(-c3ccccc3)nc2-c2ccc(OC)c(OC)c2)cc1. The Hall–Kier alpha value is -4.32. The van der Waals surface area contributed by atoms with Crippen LogP contribution in [-0.4, -0.2) is 36.9 Å². The van der Waals surface area contributed by atoms with E-state index in [1.54, 1.807) is 62.4 Å². The van der Waals surface area contributed by atoms with Gasteiger partial charge in [0, 0.05) is 22.9 Å². The summed E-state index contributed by atoms with van der Waals surface area (Å²) < 4.78 is 17.8. The molecule has 4 aromatic rings. The second-order valence-electron chi connectivity index (χ2n) is 7.21. The van der Waals surface area contributed by atoms with Crippen LogP contribution in [0.2, 0.25) is 0 Å². The highest BCUT2D eigenvalue weighted by molar-refractivity contribution is 6.07. The van der Waals surface area contributed by atoms with E-state index in [4.69, 9.17) is 19.3 Å². The minimum Gasteiger partial charge on any atom is -0.497 e. The second kappa shape index (κ2) is 9.87. The van der Waals surface area contributed by atoms with Crippen molar-refractivity contribution in [1.29, 1.82) is 0 Å². The van der Waals surface area contributed by atoms with Gasteiger partial charge in [-0.1, -0.05) is 18.2 Å². The molecule has 0 aliphatic heterocycles. The Bertz CT molecular complexity index is 1280. The fourth-order valence-corrected chi connectivity index (χ4v) is 3.45. The molecular formula is C27H24N2O4. The first kappa shape index (κ1) is 21.9. The van der Waals surface area contributed by atoms with Gasteiger partial charge in [-0.3, -0.25) is 4.79 Å². The maximum atomic E-state index is 12.7. The van der Waals surface area contributed by atoms with Crippen molar-refractivity contribution in [1.82, 2.24) is 9.78 Å². The number of carbonyl (C=O) groups is 1. The van der Waals surface area contributed by atoms with Crippen molar-refractivity contribution < 1.29 is 19.0 Å². The minimum absolute atomic E-state index is 0.108. The summed E-state index contributed by atoms with van der Waals surface area (Å²) in [5, 5.41) is 4.80. The number of ether oxygens (including phenoxy) is 3. The van der Waals surface area contributed by atoms with Gasteiger partial charge >= 0.3 is 0 Å². The molecule has 0 radical (unpaired) electrons. The Balaban J connectivity index is 1.73.